The van der Waals surface area contributed by atoms with Gasteiger partial charge in [0.25, 0.3) is 6.01 Å². The first kappa shape index (κ1) is 23.5. The van der Waals surface area contributed by atoms with Gasteiger partial charge in [0, 0.05) is 37.8 Å². The SMILES string of the molecule is CC(C)(C)OC(=O)N1C2CC1CN(c1nc3c(N4CCS(=O)(=O)CC4)ccc(-c4nccs4)c3o1)C2. The number of fused-ring (bicyclic) bond motifs is 3. The number of sulfone groups is 1. The topological polar surface area (TPSA) is 109 Å². The van der Waals surface area contributed by atoms with Crippen molar-refractivity contribution in [2.45, 2.75) is 44.9 Å². The Kier molecular flexibility index (Phi) is 5.45. The maximum absolute atomic E-state index is 12.7. The molecule has 0 radical (unpaired) electrons. The quantitative estimate of drug-likeness (QED) is 0.502. The average molecular weight is 532 g/mol. The number of nitrogens with zero attached hydrogens (tertiary/aromatic N) is 5. The fourth-order valence-corrected chi connectivity index (χ4v) is 7.09. The predicted octanol–water partition coefficient (Wildman–Crippen LogP) is 3.38. The molecule has 2 bridgehead atoms. The molecule has 4 fully saturated rings. The van der Waals surface area contributed by atoms with Crippen molar-refractivity contribution in [2.24, 2.45) is 0 Å². The Bertz CT molecular complexity index is 1390. The van der Waals surface area contributed by atoms with Crippen LogP contribution < -0.4 is 9.80 Å². The monoisotopic (exact) mass is 531 g/mol. The number of oxazole rings is 1. The van der Waals surface area contributed by atoms with E-state index in [-0.39, 0.29) is 29.7 Å². The fourth-order valence-electron chi connectivity index (χ4n) is 5.23. The molecule has 3 aromatic rings. The molecule has 0 N–H and O–H groups in total. The van der Waals surface area contributed by atoms with E-state index < -0.39 is 15.4 Å². The van der Waals surface area contributed by atoms with Crippen molar-refractivity contribution in [1.29, 1.82) is 0 Å². The number of carbonyl (C=O) groups is 1. The van der Waals surface area contributed by atoms with Gasteiger partial charge >= 0.3 is 6.09 Å². The molecule has 4 saturated heterocycles. The van der Waals surface area contributed by atoms with Gasteiger partial charge in [-0.3, -0.25) is 4.90 Å². The fraction of sp³-hybridized carbons (Fsp3) is 0.542. The van der Waals surface area contributed by atoms with Crippen LogP contribution in [-0.4, -0.2) is 84.7 Å². The van der Waals surface area contributed by atoms with E-state index in [2.05, 4.69) is 14.8 Å². The number of benzene rings is 1. The molecule has 0 saturated carbocycles. The first-order valence-electron chi connectivity index (χ1n) is 12.1. The van der Waals surface area contributed by atoms with Crippen LogP contribution in [0.1, 0.15) is 27.2 Å². The Morgan fingerprint density at radius 1 is 1.14 bits per heavy atom. The van der Waals surface area contributed by atoms with Crippen molar-refractivity contribution in [3.8, 4) is 10.6 Å². The van der Waals surface area contributed by atoms with Crippen molar-refractivity contribution < 1.29 is 22.4 Å². The van der Waals surface area contributed by atoms with Gasteiger partial charge < -0.3 is 19.0 Å². The standard InChI is InChI=1S/C24H29N5O5S2/c1-24(2,3)34-23(30)29-15-12-16(29)14-28(13-15)22-26-19-18(27-7-10-36(31,32)11-8-27)5-4-17(20(19)33-22)21-25-6-9-35-21/h4-6,9,15-16H,7-8,10-14H2,1-3H3. The number of carbonyl (C=O) groups excluding carboxylic acids is 1. The number of thiazole rings is 1. The minimum atomic E-state index is -3.00. The number of amides is 1. The number of piperazine rings is 1. The molecule has 1 amide bonds. The van der Waals surface area contributed by atoms with Gasteiger partial charge in [0.2, 0.25) is 0 Å². The smallest absolute Gasteiger partial charge is 0.410 e. The van der Waals surface area contributed by atoms with Gasteiger partial charge in [-0.15, -0.1) is 11.3 Å². The summed E-state index contributed by atoms with van der Waals surface area (Å²) in [5, 5.41) is 2.76. The van der Waals surface area contributed by atoms with E-state index in [0.717, 1.165) is 22.7 Å². The van der Waals surface area contributed by atoms with Gasteiger partial charge in [0.05, 0.1) is 34.8 Å². The van der Waals surface area contributed by atoms with Crippen molar-refractivity contribution in [1.82, 2.24) is 14.9 Å². The Labute approximate surface area is 213 Å². The molecule has 0 spiro atoms. The number of hydrogen-bond acceptors (Lipinski definition) is 10. The summed E-state index contributed by atoms with van der Waals surface area (Å²) in [6, 6.07) is 4.59. The van der Waals surface area contributed by atoms with Crippen LogP contribution in [0.4, 0.5) is 16.5 Å². The zero-order valence-electron chi connectivity index (χ0n) is 20.5. The molecular formula is C24H29N5O5S2. The lowest BCUT2D eigenvalue weighted by atomic mass is 9.88. The Morgan fingerprint density at radius 2 is 1.86 bits per heavy atom. The second kappa shape index (κ2) is 8.34. The highest BCUT2D eigenvalue weighted by Crippen LogP contribution is 2.41. The highest BCUT2D eigenvalue weighted by Gasteiger charge is 2.49. The van der Waals surface area contributed by atoms with Crippen molar-refractivity contribution >= 4 is 50.1 Å². The van der Waals surface area contributed by atoms with Gasteiger partial charge in [-0.1, -0.05) is 0 Å². The van der Waals surface area contributed by atoms with Crippen LogP contribution in [-0.2, 0) is 14.6 Å². The molecule has 36 heavy (non-hydrogen) atoms. The minimum Gasteiger partial charge on any atom is -0.444 e. The molecule has 7 rings (SSSR count). The van der Waals surface area contributed by atoms with E-state index in [4.69, 9.17) is 14.1 Å². The zero-order chi connectivity index (χ0) is 25.2. The molecule has 12 heteroatoms. The molecule has 0 aliphatic carbocycles. The second-order valence-corrected chi connectivity index (χ2v) is 13.8. The molecule has 4 aliphatic rings. The molecule has 1 aromatic carbocycles. The maximum Gasteiger partial charge on any atom is 0.410 e. The number of rotatable bonds is 3. The summed E-state index contributed by atoms with van der Waals surface area (Å²) in [7, 11) is -3.00. The Morgan fingerprint density at radius 3 is 2.50 bits per heavy atom. The van der Waals surface area contributed by atoms with E-state index >= 15 is 0 Å². The lowest BCUT2D eigenvalue weighted by molar-refractivity contribution is -0.0386. The summed E-state index contributed by atoms with van der Waals surface area (Å²) >= 11 is 1.53. The minimum absolute atomic E-state index is 0.0545. The van der Waals surface area contributed by atoms with E-state index in [9.17, 15) is 13.2 Å². The summed E-state index contributed by atoms with van der Waals surface area (Å²) in [6.07, 6.45) is 2.43. The molecule has 6 heterocycles. The number of piperidine rings is 1. The highest BCUT2D eigenvalue weighted by atomic mass is 32.2. The normalized spacial score (nSPS) is 23.6. The molecule has 2 unspecified atom stereocenters. The van der Waals surface area contributed by atoms with E-state index in [1.54, 1.807) is 6.20 Å². The van der Waals surface area contributed by atoms with Gasteiger partial charge in [-0.05, 0) is 39.3 Å². The average Bonchev–Trinajstić information content (AvgIpc) is 3.48. The summed E-state index contributed by atoms with van der Waals surface area (Å²) in [5.74, 6) is 0.257. The third kappa shape index (κ3) is 4.19. The summed E-state index contributed by atoms with van der Waals surface area (Å²) in [4.78, 5) is 28.0. The Balaban J connectivity index is 1.31. The van der Waals surface area contributed by atoms with Gasteiger partial charge in [-0.2, -0.15) is 4.98 Å². The third-order valence-corrected chi connectivity index (χ3v) is 9.34. The zero-order valence-corrected chi connectivity index (χ0v) is 22.1. The van der Waals surface area contributed by atoms with Gasteiger partial charge in [-0.25, -0.2) is 18.2 Å². The lowest BCUT2D eigenvalue weighted by Crippen LogP contribution is -2.70. The van der Waals surface area contributed by atoms with E-state index in [1.165, 1.54) is 11.3 Å². The van der Waals surface area contributed by atoms with Gasteiger partial charge in [0.15, 0.2) is 15.4 Å². The van der Waals surface area contributed by atoms with Crippen LogP contribution in [0, 0.1) is 0 Å². The lowest BCUT2D eigenvalue weighted by Gasteiger charge is -2.55. The van der Waals surface area contributed by atoms with Gasteiger partial charge in [0.1, 0.15) is 16.1 Å². The van der Waals surface area contributed by atoms with Crippen LogP contribution in [0.15, 0.2) is 28.1 Å². The molecule has 10 nitrogen and oxygen atoms in total. The highest BCUT2D eigenvalue weighted by molar-refractivity contribution is 7.91. The van der Waals surface area contributed by atoms with Crippen molar-refractivity contribution in [3.05, 3.63) is 23.7 Å². The number of hydrogen-bond donors (Lipinski definition) is 0. The third-order valence-electron chi connectivity index (χ3n) is 6.93. The van der Waals surface area contributed by atoms with Crippen LogP contribution in [0.25, 0.3) is 21.7 Å². The van der Waals surface area contributed by atoms with E-state index in [0.29, 0.717) is 43.3 Å². The van der Waals surface area contributed by atoms with E-state index in [1.807, 2.05) is 43.2 Å². The molecule has 4 aliphatic heterocycles. The first-order chi connectivity index (χ1) is 17.1. The maximum atomic E-state index is 12.7. The van der Waals surface area contributed by atoms with Crippen LogP contribution in [0.2, 0.25) is 0 Å². The van der Waals surface area contributed by atoms with Crippen LogP contribution in [0.3, 0.4) is 0 Å². The molecule has 2 aromatic heterocycles. The number of aromatic nitrogens is 2. The largest absolute Gasteiger partial charge is 0.444 e. The van der Waals surface area contributed by atoms with Crippen molar-refractivity contribution in [2.75, 3.05) is 47.5 Å². The van der Waals surface area contributed by atoms with Crippen molar-refractivity contribution in [3.63, 3.8) is 0 Å². The summed E-state index contributed by atoms with van der Waals surface area (Å²) < 4.78 is 36.0. The second-order valence-electron chi connectivity index (χ2n) is 10.6. The summed E-state index contributed by atoms with van der Waals surface area (Å²) in [6.45, 7) is 7.71. The number of anilines is 2. The van der Waals surface area contributed by atoms with Crippen LogP contribution in [0.5, 0.6) is 0 Å². The summed E-state index contributed by atoms with van der Waals surface area (Å²) in [5.41, 5.74) is 2.56. The van der Waals surface area contributed by atoms with Crippen LogP contribution >= 0.6 is 11.3 Å². The molecule has 2 atom stereocenters. The number of ether oxygens (including phenoxy) is 1. The first-order valence-corrected chi connectivity index (χ1v) is 14.8. The molecular weight excluding hydrogens is 502 g/mol. The molecule has 192 valence electrons. The predicted molar refractivity (Wildman–Crippen MR) is 138 cm³/mol. The Hall–Kier alpha value is -2.86.